The Labute approximate surface area is 198 Å². The van der Waals surface area contributed by atoms with Gasteiger partial charge in [0, 0.05) is 24.5 Å². The molecule has 1 fully saturated rings. The third-order valence-electron chi connectivity index (χ3n) is 5.70. The topological polar surface area (TPSA) is 100.0 Å². The smallest absolute Gasteiger partial charge is 0.295 e. The molecule has 0 aliphatic carbocycles. The summed E-state index contributed by atoms with van der Waals surface area (Å²) < 4.78 is 5.74. The van der Waals surface area contributed by atoms with Crippen LogP contribution in [0.4, 0.5) is 0 Å². The van der Waals surface area contributed by atoms with Crippen molar-refractivity contribution in [2.45, 2.75) is 32.4 Å². The number of rotatable bonds is 8. The highest BCUT2D eigenvalue weighted by molar-refractivity contribution is 6.46. The van der Waals surface area contributed by atoms with Crippen LogP contribution < -0.4 is 4.74 Å². The molecule has 0 radical (unpaired) electrons. The Hall–Kier alpha value is -4.13. The van der Waals surface area contributed by atoms with Crippen molar-refractivity contribution in [2.75, 3.05) is 6.61 Å². The van der Waals surface area contributed by atoms with Gasteiger partial charge in [0.05, 0.1) is 18.2 Å². The van der Waals surface area contributed by atoms with Crippen molar-refractivity contribution < 1.29 is 24.5 Å². The SMILES string of the molecule is CCCCOc1cccc(/C(O)=C2/C(=O)C(=O)N(Cc3ccncc3)C2c2cccc(O)c2)c1. The minimum atomic E-state index is -0.870. The van der Waals surface area contributed by atoms with E-state index in [1.165, 1.54) is 17.0 Å². The largest absolute Gasteiger partial charge is 0.508 e. The summed E-state index contributed by atoms with van der Waals surface area (Å²) in [7, 11) is 0. The molecule has 0 saturated carbocycles. The van der Waals surface area contributed by atoms with E-state index in [1.54, 1.807) is 60.9 Å². The summed E-state index contributed by atoms with van der Waals surface area (Å²) in [5.41, 5.74) is 1.65. The molecule has 1 aliphatic rings. The van der Waals surface area contributed by atoms with Gasteiger partial charge in [0.1, 0.15) is 17.3 Å². The Morgan fingerprint density at radius 3 is 2.56 bits per heavy atom. The zero-order valence-corrected chi connectivity index (χ0v) is 18.8. The zero-order valence-electron chi connectivity index (χ0n) is 18.8. The second-order valence-corrected chi connectivity index (χ2v) is 8.11. The van der Waals surface area contributed by atoms with E-state index >= 15 is 0 Å². The molecule has 7 nitrogen and oxygen atoms in total. The lowest BCUT2D eigenvalue weighted by Gasteiger charge is -2.25. The van der Waals surface area contributed by atoms with Crippen molar-refractivity contribution in [2.24, 2.45) is 0 Å². The average Bonchev–Trinajstić information content (AvgIpc) is 3.09. The van der Waals surface area contributed by atoms with Crippen LogP contribution in [-0.2, 0) is 16.1 Å². The Morgan fingerprint density at radius 2 is 1.82 bits per heavy atom. The van der Waals surface area contributed by atoms with Gasteiger partial charge in [0.15, 0.2) is 0 Å². The number of ketones is 1. The molecule has 2 heterocycles. The minimum absolute atomic E-state index is 0.00156. The summed E-state index contributed by atoms with van der Waals surface area (Å²) in [4.78, 5) is 31.7. The fraction of sp³-hybridized carbons (Fsp3) is 0.222. The first-order valence-electron chi connectivity index (χ1n) is 11.2. The van der Waals surface area contributed by atoms with Gasteiger partial charge < -0.3 is 19.8 Å². The van der Waals surface area contributed by atoms with Crippen molar-refractivity contribution in [1.29, 1.82) is 0 Å². The van der Waals surface area contributed by atoms with E-state index in [1.807, 2.05) is 0 Å². The fourth-order valence-electron chi connectivity index (χ4n) is 3.99. The number of ether oxygens (including phenoxy) is 1. The molecule has 0 spiro atoms. The number of aromatic hydroxyl groups is 1. The van der Waals surface area contributed by atoms with Gasteiger partial charge in [-0.2, -0.15) is 0 Å². The lowest BCUT2D eigenvalue weighted by Crippen LogP contribution is -2.29. The molecule has 174 valence electrons. The van der Waals surface area contributed by atoms with Crippen molar-refractivity contribution >= 4 is 17.4 Å². The van der Waals surface area contributed by atoms with Crippen LogP contribution in [0, 0.1) is 0 Å². The summed E-state index contributed by atoms with van der Waals surface area (Å²) in [6.45, 7) is 2.75. The number of phenols is 1. The predicted molar refractivity (Wildman–Crippen MR) is 127 cm³/mol. The van der Waals surface area contributed by atoms with E-state index in [-0.39, 0.29) is 23.6 Å². The van der Waals surface area contributed by atoms with E-state index in [2.05, 4.69) is 11.9 Å². The van der Waals surface area contributed by atoms with Gasteiger partial charge in [-0.05, 0) is 53.9 Å². The van der Waals surface area contributed by atoms with Crippen molar-refractivity contribution in [3.05, 3.63) is 95.3 Å². The number of hydrogen-bond acceptors (Lipinski definition) is 6. The number of aliphatic hydroxyl groups is 1. The first-order chi connectivity index (χ1) is 16.5. The summed E-state index contributed by atoms with van der Waals surface area (Å²) in [5, 5.41) is 21.3. The summed E-state index contributed by atoms with van der Waals surface area (Å²) in [6.07, 6.45) is 5.11. The third kappa shape index (κ3) is 4.78. The molecule has 7 heteroatoms. The van der Waals surface area contributed by atoms with Crippen LogP contribution in [0.2, 0.25) is 0 Å². The van der Waals surface area contributed by atoms with Gasteiger partial charge >= 0.3 is 0 Å². The van der Waals surface area contributed by atoms with Crippen LogP contribution in [-0.4, -0.2) is 38.4 Å². The molecule has 1 atom stereocenters. The standard InChI is InChI=1S/C27H26N2O5/c1-2-3-14-34-22-9-5-7-20(16-22)25(31)23-24(19-6-4-8-21(30)15-19)29(27(33)26(23)32)17-18-10-12-28-13-11-18/h4-13,15-16,24,30-31H,2-3,14,17H2,1H3/b25-23-. The number of pyridine rings is 1. The monoisotopic (exact) mass is 458 g/mol. The van der Waals surface area contributed by atoms with Gasteiger partial charge in [-0.25, -0.2) is 0 Å². The normalized spacial score (nSPS) is 17.2. The molecule has 1 unspecified atom stereocenters. The maximum atomic E-state index is 13.2. The number of aromatic nitrogens is 1. The molecule has 3 aromatic rings. The van der Waals surface area contributed by atoms with Crippen LogP contribution >= 0.6 is 0 Å². The van der Waals surface area contributed by atoms with Crippen LogP contribution in [0.25, 0.3) is 5.76 Å². The number of nitrogens with zero attached hydrogens (tertiary/aromatic N) is 2. The van der Waals surface area contributed by atoms with Gasteiger partial charge in [0.25, 0.3) is 11.7 Å². The lowest BCUT2D eigenvalue weighted by molar-refractivity contribution is -0.140. The number of unbranched alkanes of at least 4 members (excludes halogenated alkanes) is 1. The Morgan fingerprint density at radius 1 is 1.06 bits per heavy atom. The van der Waals surface area contributed by atoms with Crippen molar-refractivity contribution in [1.82, 2.24) is 9.88 Å². The number of aliphatic hydroxyl groups excluding tert-OH is 1. The molecule has 1 aliphatic heterocycles. The Kier molecular flexibility index (Phi) is 6.92. The molecule has 1 amide bonds. The van der Waals surface area contributed by atoms with Crippen LogP contribution in [0.3, 0.4) is 0 Å². The summed E-state index contributed by atoms with van der Waals surface area (Å²) >= 11 is 0. The zero-order chi connectivity index (χ0) is 24.1. The molecule has 0 bridgehead atoms. The number of amides is 1. The second-order valence-electron chi connectivity index (χ2n) is 8.11. The van der Waals surface area contributed by atoms with E-state index in [0.29, 0.717) is 23.5 Å². The molecule has 2 aromatic carbocycles. The quantitative estimate of drug-likeness (QED) is 0.222. The number of carbonyl (C=O) groups excluding carboxylic acids is 2. The number of Topliss-reactive ketones (excluding diaryl/α,β-unsaturated/α-hetero) is 1. The van der Waals surface area contributed by atoms with Gasteiger partial charge in [-0.15, -0.1) is 0 Å². The van der Waals surface area contributed by atoms with E-state index in [4.69, 9.17) is 4.74 Å². The number of phenolic OH excluding ortho intramolecular Hbond substituents is 1. The number of hydrogen-bond donors (Lipinski definition) is 2. The molecular formula is C27H26N2O5. The highest BCUT2D eigenvalue weighted by Gasteiger charge is 2.46. The van der Waals surface area contributed by atoms with E-state index < -0.39 is 17.7 Å². The van der Waals surface area contributed by atoms with Crippen molar-refractivity contribution in [3.63, 3.8) is 0 Å². The molecule has 34 heavy (non-hydrogen) atoms. The minimum Gasteiger partial charge on any atom is -0.508 e. The van der Waals surface area contributed by atoms with Crippen molar-refractivity contribution in [3.8, 4) is 11.5 Å². The molecule has 2 N–H and O–H groups in total. The summed E-state index contributed by atoms with van der Waals surface area (Å²) in [6, 6.07) is 15.8. The lowest BCUT2D eigenvalue weighted by atomic mass is 9.95. The average molecular weight is 459 g/mol. The number of benzene rings is 2. The predicted octanol–water partition coefficient (Wildman–Crippen LogP) is 4.59. The highest BCUT2D eigenvalue weighted by atomic mass is 16.5. The number of likely N-dealkylation sites (tertiary alicyclic amines) is 1. The Bertz CT molecular complexity index is 1220. The maximum absolute atomic E-state index is 13.2. The Balaban J connectivity index is 1.79. The van der Waals surface area contributed by atoms with Gasteiger partial charge in [-0.1, -0.05) is 37.6 Å². The first kappa shape index (κ1) is 23.0. The molecule has 1 saturated heterocycles. The molecule has 4 rings (SSSR count). The van der Waals surface area contributed by atoms with E-state index in [9.17, 15) is 19.8 Å². The molecule has 1 aromatic heterocycles. The second kappa shape index (κ2) is 10.2. The highest BCUT2D eigenvalue weighted by Crippen LogP contribution is 2.41. The fourth-order valence-corrected chi connectivity index (χ4v) is 3.99. The van der Waals surface area contributed by atoms with Gasteiger partial charge in [0.2, 0.25) is 0 Å². The van der Waals surface area contributed by atoms with Crippen LogP contribution in [0.1, 0.15) is 42.5 Å². The van der Waals surface area contributed by atoms with Crippen LogP contribution in [0.15, 0.2) is 78.6 Å². The maximum Gasteiger partial charge on any atom is 0.295 e. The molecular weight excluding hydrogens is 432 g/mol. The van der Waals surface area contributed by atoms with E-state index in [0.717, 1.165) is 18.4 Å². The first-order valence-corrected chi connectivity index (χ1v) is 11.2. The summed E-state index contributed by atoms with van der Waals surface area (Å²) in [5.74, 6) is -1.22. The van der Waals surface area contributed by atoms with Gasteiger partial charge in [-0.3, -0.25) is 14.6 Å². The van der Waals surface area contributed by atoms with Crippen LogP contribution in [0.5, 0.6) is 11.5 Å². The third-order valence-corrected chi connectivity index (χ3v) is 5.70. The number of carbonyl (C=O) groups is 2.